The molecule has 1 aromatic rings. The van der Waals surface area contributed by atoms with Crippen LogP contribution in [0.5, 0.6) is 0 Å². The Kier molecular flexibility index (Phi) is 8.49. The molecule has 1 aromatic carbocycles. The highest BCUT2D eigenvalue weighted by molar-refractivity contribution is 7.90. The quantitative estimate of drug-likeness (QED) is 0.537. The molecule has 1 saturated heterocycles. The number of esters is 1. The second-order valence-corrected chi connectivity index (χ2v) is 13.0. The number of hydrogen-bond acceptors (Lipinski definition) is 6. The average Bonchev–Trinajstić information content (AvgIpc) is 2.69. The molecule has 0 unspecified atom stereocenters. The van der Waals surface area contributed by atoms with Crippen LogP contribution in [0.25, 0.3) is 0 Å². The van der Waals surface area contributed by atoms with Crippen LogP contribution in [0, 0.1) is 11.3 Å². The van der Waals surface area contributed by atoms with E-state index in [4.69, 9.17) is 16.3 Å². The van der Waals surface area contributed by atoms with Crippen LogP contribution in [0.4, 0.5) is 13.2 Å². The van der Waals surface area contributed by atoms with Gasteiger partial charge >= 0.3 is 21.5 Å². The fourth-order valence-corrected chi connectivity index (χ4v) is 5.47. The largest absolute Gasteiger partial charge is 0.511 e. The summed E-state index contributed by atoms with van der Waals surface area (Å²) in [5, 5.41) is 0.146. The Labute approximate surface area is 196 Å². The summed E-state index contributed by atoms with van der Waals surface area (Å²) in [5.74, 6) is -1.32. The minimum atomic E-state index is -5.46. The van der Waals surface area contributed by atoms with Crippen LogP contribution in [0.15, 0.2) is 23.1 Å². The smallest absolute Gasteiger partial charge is 0.462 e. The van der Waals surface area contributed by atoms with Crippen LogP contribution in [0.1, 0.15) is 44.0 Å². The van der Waals surface area contributed by atoms with Gasteiger partial charge in [0.2, 0.25) is 10.0 Å². The van der Waals surface area contributed by atoms with Gasteiger partial charge in [-0.05, 0) is 42.4 Å². The molecule has 0 bridgehead atoms. The van der Waals surface area contributed by atoms with Crippen LogP contribution in [-0.4, -0.2) is 58.9 Å². The first-order valence-corrected chi connectivity index (χ1v) is 13.3. The Bertz CT molecular complexity index is 1080. The summed E-state index contributed by atoms with van der Waals surface area (Å²) in [6, 6.07) is 3.74. The van der Waals surface area contributed by atoms with Crippen LogP contribution in [-0.2, 0) is 24.8 Å². The first-order valence-electron chi connectivity index (χ1n) is 9.97. The highest BCUT2D eigenvalue weighted by atomic mass is 35.5. The number of rotatable bonds is 7. The van der Waals surface area contributed by atoms with Gasteiger partial charge in [0, 0.05) is 24.7 Å². The molecule has 0 spiro atoms. The molecule has 1 N–H and O–H groups in total. The third kappa shape index (κ3) is 7.28. The Morgan fingerprint density at radius 2 is 1.73 bits per heavy atom. The molecule has 0 radical (unpaired) electrons. The predicted octanol–water partition coefficient (Wildman–Crippen LogP) is 3.38. The van der Waals surface area contributed by atoms with Crippen molar-refractivity contribution in [3.05, 3.63) is 28.8 Å². The zero-order valence-corrected chi connectivity index (χ0v) is 20.7. The summed E-state index contributed by atoms with van der Waals surface area (Å²) in [7, 11) is -9.61. The van der Waals surface area contributed by atoms with Gasteiger partial charge in [-0.3, -0.25) is 0 Å². The maximum absolute atomic E-state index is 13.2. The number of carbonyl (C=O) groups excluding carboxylic acids is 1. The van der Waals surface area contributed by atoms with Gasteiger partial charge in [-0.15, -0.1) is 0 Å². The van der Waals surface area contributed by atoms with Gasteiger partial charge in [0.1, 0.15) is 0 Å². The van der Waals surface area contributed by atoms with Crippen LogP contribution in [0.3, 0.4) is 0 Å². The van der Waals surface area contributed by atoms with Crippen LogP contribution in [0.2, 0.25) is 5.02 Å². The second kappa shape index (κ2) is 10.1. The lowest BCUT2D eigenvalue weighted by molar-refractivity contribution is -0.0449. The van der Waals surface area contributed by atoms with E-state index in [1.807, 2.05) is 20.8 Å². The standard InChI is InChI=1S/C19H26ClF3N2O6S2/c1-18(2,3)12-31-17(26)15-10-14(20)4-5-16(15)32(27,28)25-8-6-13(7-9-25)11-24-33(29,30)19(21,22)23/h4-5,10,13,24H,6-9,11-12H2,1-3H3. The molecule has 0 amide bonds. The van der Waals surface area contributed by atoms with Crippen LogP contribution >= 0.6 is 11.6 Å². The number of hydrogen-bond donors (Lipinski definition) is 1. The zero-order valence-electron chi connectivity index (χ0n) is 18.3. The van der Waals surface area contributed by atoms with Crippen molar-refractivity contribution in [1.29, 1.82) is 0 Å². The van der Waals surface area contributed by atoms with Crippen molar-refractivity contribution in [3.63, 3.8) is 0 Å². The van der Waals surface area contributed by atoms with E-state index < -0.39 is 44.0 Å². The van der Waals surface area contributed by atoms with E-state index in [1.54, 1.807) is 0 Å². The number of piperidine rings is 1. The molecule has 1 heterocycles. The lowest BCUT2D eigenvalue weighted by atomic mass is 9.99. The SMILES string of the molecule is CC(C)(C)COC(=O)c1cc(Cl)ccc1S(=O)(=O)N1CCC(CNS(=O)(=O)C(F)(F)F)CC1. The van der Waals surface area contributed by atoms with E-state index in [9.17, 15) is 34.8 Å². The Morgan fingerprint density at radius 3 is 2.24 bits per heavy atom. The minimum absolute atomic E-state index is 0.0526. The topological polar surface area (TPSA) is 110 Å². The van der Waals surface area contributed by atoms with Gasteiger partial charge < -0.3 is 4.74 Å². The summed E-state index contributed by atoms with van der Waals surface area (Å²) in [4.78, 5) is 12.3. The molecule has 0 atom stereocenters. The molecule has 1 fully saturated rings. The van der Waals surface area contributed by atoms with Crippen molar-refractivity contribution >= 4 is 37.6 Å². The third-order valence-corrected chi connectivity index (χ3v) is 8.20. The summed E-state index contributed by atoms with van der Waals surface area (Å²) < 4.78 is 93.9. The van der Waals surface area contributed by atoms with E-state index in [0.717, 1.165) is 4.31 Å². The minimum Gasteiger partial charge on any atom is -0.462 e. The lowest BCUT2D eigenvalue weighted by Crippen LogP contribution is -2.44. The number of ether oxygens (including phenoxy) is 1. The number of sulfonamides is 2. The van der Waals surface area contributed by atoms with Crippen LogP contribution < -0.4 is 4.72 Å². The first kappa shape index (κ1) is 27.8. The molecule has 1 aliphatic heterocycles. The highest BCUT2D eigenvalue weighted by Gasteiger charge is 2.46. The Hall–Kier alpha value is -1.41. The number of nitrogens with zero attached hydrogens (tertiary/aromatic N) is 1. The maximum atomic E-state index is 13.2. The monoisotopic (exact) mass is 534 g/mol. The molecular formula is C19H26ClF3N2O6S2. The average molecular weight is 535 g/mol. The molecule has 188 valence electrons. The van der Waals surface area contributed by atoms with Gasteiger partial charge in [-0.25, -0.2) is 26.4 Å². The predicted molar refractivity (Wildman–Crippen MR) is 116 cm³/mol. The second-order valence-electron chi connectivity index (χ2n) is 8.92. The molecule has 2 rings (SSSR count). The normalized spacial score (nSPS) is 17.2. The maximum Gasteiger partial charge on any atom is 0.511 e. The molecule has 8 nitrogen and oxygen atoms in total. The van der Waals surface area contributed by atoms with Crippen molar-refractivity contribution in [2.45, 2.75) is 44.0 Å². The summed E-state index contributed by atoms with van der Waals surface area (Å²) in [6.07, 6.45) is 0.272. The first-order chi connectivity index (χ1) is 14.9. The molecule has 0 aromatic heterocycles. The zero-order chi connectivity index (χ0) is 25.2. The molecule has 14 heteroatoms. The molecule has 1 aliphatic rings. The van der Waals surface area contributed by atoms with Crippen molar-refractivity contribution in [2.24, 2.45) is 11.3 Å². The van der Waals surface area contributed by atoms with E-state index in [2.05, 4.69) is 0 Å². The van der Waals surface area contributed by atoms with Crippen molar-refractivity contribution in [1.82, 2.24) is 9.03 Å². The van der Waals surface area contributed by atoms with Gasteiger partial charge in [0.25, 0.3) is 0 Å². The fourth-order valence-electron chi connectivity index (χ4n) is 3.05. The van der Waals surface area contributed by atoms with Gasteiger partial charge in [0.15, 0.2) is 0 Å². The highest BCUT2D eigenvalue weighted by Crippen LogP contribution is 2.29. The Balaban J connectivity index is 2.13. The van der Waals surface area contributed by atoms with Crippen molar-refractivity contribution < 1.29 is 39.5 Å². The van der Waals surface area contributed by atoms with Crippen molar-refractivity contribution in [3.8, 4) is 0 Å². The summed E-state index contributed by atoms with van der Waals surface area (Å²) in [6.45, 7) is 5.01. The van der Waals surface area contributed by atoms with Crippen molar-refractivity contribution in [2.75, 3.05) is 26.2 Å². The molecule has 0 saturated carbocycles. The number of carbonyl (C=O) groups is 1. The third-order valence-electron chi connectivity index (χ3n) is 4.86. The van der Waals surface area contributed by atoms with Gasteiger partial charge in [-0.2, -0.15) is 17.5 Å². The van der Waals surface area contributed by atoms with E-state index >= 15 is 0 Å². The number of alkyl halides is 3. The lowest BCUT2D eigenvalue weighted by Gasteiger charge is -2.31. The molecule has 33 heavy (non-hydrogen) atoms. The van der Waals surface area contributed by atoms with Gasteiger partial charge in [0.05, 0.1) is 17.1 Å². The number of halogens is 4. The Morgan fingerprint density at radius 1 is 1.15 bits per heavy atom. The number of nitrogens with one attached hydrogen (secondary N) is 1. The van der Waals surface area contributed by atoms with Gasteiger partial charge in [-0.1, -0.05) is 32.4 Å². The van der Waals surface area contributed by atoms with E-state index in [1.165, 1.54) is 22.9 Å². The van der Waals surface area contributed by atoms with E-state index in [0.29, 0.717) is 0 Å². The summed E-state index contributed by atoms with van der Waals surface area (Å²) >= 11 is 5.96. The summed E-state index contributed by atoms with van der Waals surface area (Å²) in [5.41, 5.74) is -5.97. The molecule has 0 aliphatic carbocycles. The molecular weight excluding hydrogens is 509 g/mol. The number of benzene rings is 1. The fraction of sp³-hybridized carbons (Fsp3) is 0.632. The van der Waals surface area contributed by atoms with E-state index in [-0.39, 0.29) is 53.4 Å².